The monoisotopic (exact) mass is 225 g/mol. The van der Waals surface area contributed by atoms with Gasteiger partial charge in [-0.05, 0) is 18.2 Å². The van der Waals surface area contributed by atoms with Gasteiger partial charge in [0.2, 0.25) is 0 Å². The zero-order valence-electron chi connectivity index (χ0n) is 9.34. The fourth-order valence-corrected chi connectivity index (χ4v) is 2.08. The van der Waals surface area contributed by atoms with Crippen molar-refractivity contribution >= 4 is 17.2 Å². The molecule has 0 atom stereocenters. The van der Waals surface area contributed by atoms with Gasteiger partial charge < -0.3 is 9.55 Å². The first-order chi connectivity index (χ1) is 8.29. The molecule has 0 saturated heterocycles. The number of aryl methyl sites for hydroxylation is 1. The molecule has 0 fully saturated rings. The minimum absolute atomic E-state index is 0.589. The molecule has 0 aromatic carbocycles. The fraction of sp³-hybridized carbons (Fsp3) is 0.0769. The van der Waals surface area contributed by atoms with Crippen molar-refractivity contribution in [1.29, 1.82) is 0 Å². The lowest BCUT2D eigenvalue weighted by Crippen LogP contribution is -1.83. The van der Waals surface area contributed by atoms with Crippen LogP contribution in [0, 0.1) is 0 Å². The third-order valence-electron chi connectivity index (χ3n) is 2.92. The van der Waals surface area contributed by atoms with E-state index in [4.69, 9.17) is 0 Å². The second-order valence-electron chi connectivity index (χ2n) is 3.99. The maximum atomic E-state index is 10.7. The average Bonchev–Trinajstić information content (AvgIpc) is 2.95. The van der Waals surface area contributed by atoms with Crippen LogP contribution in [-0.2, 0) is 7.05 Å². The predicted molar refractivity (Wildman–Crippen MR) is 65.9 cm³/mol. The minimum Gasteiger partial charge on any atom is -0.352 e. The molecule has 4 nitrogen and oxygen atoms in total. The molecule has 3 heterocycles. The largest absolute Gasteiger partial charge is 0.352 e. The van der Waals surface area contributed by atoms with Gasteiger partial charge in [-0.3, -0.25) is 9.78 Å². The Hall–Kier alpha value is -2.36. The number of carbonyl (C=O) groups is 1. The van der Waals surface area contributed by atoms with Gasteiger partial charge >= 0.3 is 0 Å². The molecule has 0 amide bonds. The summed E-state index contributed by atoms with van der Waals surface area (Å²) >= 11 is 0. The fourth-order valence-electron chi connectivity index (χ4n) is 2.08. The summed E-state index contributed by atoms with van der Waals surface area (Å²) in [6.07, 6.45) is 6.46. The quantitative estimate of drug-likeness (QED) is 0.681. The Bertz CT molecular complexity index is 694. The Labute approximate surface area is 97.9 Å². The predicted octanol–water partition coefficient (Wildman–Crippen LogP) is 2.38. The van der Waals surface area contributed by atoms with Gasteiger partial charge in [0.25, 0.3) is 0 Å². The number of hydrogen-bond donors (Lipinski definition) is 1. The number of fused-ring (bicyclic) bond motifs is 1. The van der Waals surface area contributed by atoms with Crippen molar-refractivity contribution in [2.45, 2.75) is 0 Å². The number of nitrogens with zero attached hydrogens (tertiary/aromatic N) is 2. The van der Waals surface area contributed by atoms with Crippen LogP contribution in [0.15, 0.2) is 36.8 Å². The van der Waals surface area contributed by atoms with E-state index in [1.807, 2.05) is 36.1 Å². The van der Waals surface area contributed by atoms with Gasteiger partial charge in [0.1, 0.15) is 0 Å². The summed E-state index contributed by atoms with van der Waals surface area (Å²) in [5, 5.41) is 1.13. The molecule has 4 heteroatoms. The van der Waals surface area contributed by atoms with Crippen LogP contribution in [0.5, 0.6) is 0 Å². The first-order valence-corrected chi connectivity index (χ1v) is 5.33. The number of H-pyrrole nitrogens is 1. The molecular weight excluding hydrogens is 214 g/mol. The summed E-state index contributed by atoms with van der Waals surface area (Å²) in [6, 6.07) is 5.67. The number of rotatable bonds is 2. The zero-order chi connectivity index (χ0) is 11.8. The molecule has 0 saturated carbocycles. The van der Waals surface area contributed by atoms with E-state index in [0.717, 1.165) is 28.4 Å². The number of aromatic amines is 1. The maximum absolute atomic E-state index is 10.7. The summed E-state index contributed by atoms with van der Waals surface area (Å²) in [5.74, 6) is 0. The lowest BCUT2D eigenvalue weighted by molar-refractivity contribution is 0.111. The van der Waals surface area contributed by atoms with E-state index in [-0.39, 0.29) is 0 Å². The normalized spacial score (nSPS) is 10.9. The van der Waals surface area contributed by atoms with Gasteiger partial charge in [-0.2, -0.15) is 0 Å². The highest BCUT2D eigenvalue weighted by Crippen LogP contribution is 2.28. The summed E-state index contributed by atoms with van der Waals surface area (Å²) < 4.78 is 2.03. The van der Waals surface area contributed by atoms with E-state index in [9.17, 15) is 4.79 Å². The third-order valence-corrected chi connectivity index (χ3v) is 2.92. The van der Waals surface area contributed by atoms with Crippen LogP contribution in [0.4, 0.5) is 0 Å². The molecule has 0 spiro atoms. The summed E-state index contributed by atoms with van der Waals surface area (Å²) in [4.78, 5) is 17.9. The topological polar surface area (TPSA) is 50.7 Å². The van der Waals surface area contributed by atoms with E-state index in [1.165, 1.54) is 0 Å². The highest BCUT2D eigenvalue weighted by atomic mass is 16.1. The molecule has 0 aliphatic carbocycles. The first kappa shape index (κ1) is 9.84. The van der Waals surface area contributed by atoms with Gasteiger partial charge in [0, 0.05) is 36.1 Å². The molecule has 17 heavy (non-hydrogen) atoms. The standard InChI is InChI=1S/C13H11N3O/c1-16-7-11(10-4-5-14-6-13(10)16)12-3-2-9(8-17)15-12/h2-8,15H,1H3. The molecule has 0 unspecified atom stereocenters. The van der Waals surface area contributed by atoms with Crippen LogP contribution >= 0.6 is 0 Å². The van der Waals surface area contributed by atoms with Gasteiger partial charge in [0.05, 0.1) is 17.4 Å². The van der Waals surface area contributed by atoms with E-state index in [2.05, 4.69) is 9.97 Å². The highest BCUT2D eigenvalue weighted by Gasteiger charge is 2.09. The molecule has 3 aromatic heterocycles. The highest BCUT2D eigenvalue weighted by molar-refractivity contribution is 5.95. The number of hydrogen-bond acceptors (Lipinski definition) is 2. The number of nitrogens with one attached hydrogen (secondary N) is 1. The SMILES string of the molecule is Cn1cc(-c2ccc(C=O)[nH]2)c2ccncc21. The van der Waals surface area contributed by atoms with Gasteiger partial charge in [-0.25, -0.2) is 0 Å². The molecule has 1 N–H and O–H groups in total. The molecule has 0 aliphatic rings. The van der Waals surface area contributed by atoms with Crippen molar-refractivity contribution in [2.24, 2.45) is 7.05 Å². The molecule has 0 radical (unpaired) electrons. The summed E-state index contributed by atoms with van der Waals surface area (Å²) in [5.41, 5.74) is 3.69. The second-order valence-corrected chi connectivity index (χ2v) is 3.99. The van der Waals surface area contributed by atoms with Crippen LogP contribution in [0.1, 0.15) is 10.5 Å². The Morgan fingerprint density at radius 1 is 1.35 bits per heavy atom. The maximum Gasteiger partial charge on any atom is 0.166 e. The van der Waals surface area contributed by atoms with E-state index >= 15 is 0 Å². The van der Waals surface area contributed by atoms with Crippen molar-refractivity contribution < 1.29 is 4.79 Å². The van der Waals surface area contributed by atoms with Crippen LogP contribution in [0.2, 0.25) is 0 Å². The first-order valence-electron chi connectivity index (χ1n) is 5.33. The Kier molecular flexibility index (Phi) is 2.08. The summed E-state index contributed by atoms with van der Waals surface area (Å²) in [6.45, 7) is 0. The van der Waals surface area contributed by atoms with Crippen molar-refractivity contribution in [3.8, 4) is 11.3 Å². The molecule has 0 bridgehead atoms. The zero-order valence-corrected chi connectivity index (χ0v) is 9.34. The van der Waals surface area contributed by atoms with E-state index in [1.54, 1.807) is 12.3 Å². The number of pyridine rings is 1. The number of aldehydes is 1. The van der Waals surface area contributed by atoms with Gasteiger partial charge in [-0.1, -0.05) is 0 Å². The molecule has 84 valence electrons. The third kappa shape index (κ3) is 1.45. The van der Waals surface area contributed by atoms with Crippen molar-refractivity contribution in [3.05, 3.63) is 42.5 Å². The van der Waals surface area contributed by atoms with E-state index in [0.29, 0.717) is 5.69 Å². The number of carbonyl (C=O) groups excluding carboxylic acids is 1. The second kappa shape index (κ2) is 3.59. The van der Waals surface area contributed by atoms with E-state index < -0.39 is 0 Å². The Morgan fingerprint density at radius 2 is 2.24 bits per heavy atom. The van der Waals surface area contributed by atoms with Crippen LogP contribution in [0.25, 0.3) is 22.2 Å². The van der Waals surface area contributed by atoms with Crippen LogP contribution in [-0.4, -0.2) is 20.8 Å². The molecular formula is C13H11N3O. The van der Waals surface area contributed by atoms with Crippen molar-refractivity contribution in [1.82, 2.24) is 14.5 Å². The average molecular weight is 225 g/mol. The molecule has 0 aliphatic heterocycles. The van der Waals surface area contributed by atoms with Gasteiger partial charge in [0.15, 0.2) is 6.29 Å². The lowest BCUT2D eigenvalue weighted by Gasteiger charge is -1.94. The van der Waals surface area contributed by atoms with Crippen molar-refractivity contribution in [2.75, 3.05) is 0 Å². The van der Waals surface area contributed by atoms with Gasteiger partial charge in [-0.15, -0.1) is 0 Å². The minimum atomic E-state index is 0.589. The Morgan fingerprint density at radius 3 is 3.00 bits per heavy atom. The smallest absolute Gasteiger partial charge is 0.166 e. The van der Waals surface area contributed by atoms with Crippen molar-refractivity contribution in [3.63, 3.8) is 0 Å². The number of aromatic nitrogens is 3. The Balaban J connectivity index is 2.26. The molecule has 3 rings (SSSR count). The lowest BCUT2D eigenvalue weighted by atomic mass is 10.1. The van der Waals surface area contributed by atoms with Crippen LogP contribution in [0.3, 0.4) is 0 Å². The summed E-state index contributed by atoms with van der Waals surface area (Å²) in [7, 11) is 1.98. The molecule has 3 aromatic rings. The van der Waals surface area contributed by atoms with Crippen LogP contribution < -0.4 is 0 Å².